The number of benzene rings is 4. The van der Waals surface area contributed by atoms with Crippen molar-refractivity contribution in [1.29, 1.82) is 0 Å². The Morgan fingerprint density at radius 2 is 1.57 bits per heavy atom. The van der Waals surface area contributed by atoms with Gasteiger partial charge in [-0.15, -0.1) is 0 Å². The van der Waals surface area contributed by atoms with E-state index in [2.05, 4.69) is 60.1 Å². The van der Waals surface area contributed by atoms with Gasteiger partial charge in [-0.3, -0.25) is 9.69 Å². The summed E-state index contributed by atoms with van der Waals surface area (Å²) >= 11 is 6.62. The van der Waals surface area contributed by atoms with E-state index in [0.717, 1.165) is 54.1 Å². The van der Waals surface area contributed by atoms with E-state index in [1.165, 1.54) is 28.8 Å². The Balaban J connectivity index is 0.925. The van der Waals surface area contributed by atoms with Crippen LogP contribution in [0.3, 0.4) is 0 Å². The molecule has 1 amide bonds. The normalized spacial score (nSPS) is 13.4. The largest absolute Gasteiger partial charge is 0.493 e. The first kappa shape index (κ1) is 38.5. The number of carbonyl (C=O) groups is 1. The third kappa shape index (κ3) is 10.9. The van der Waals surface area contributed by atoms with E-state index in [4.69, 9.17) is 25.8 Å². The molecule has 0 bridgehead atoms. The van der Waals surface area contributed by atoms with E-state index < -0.39 is 0 Å². The first-order chi connectivity index (χ1) is 26.1. The van der Waals surface area contributed by atoms with Crippen molar-refractivity contribution in [3.63, 3.8) is 0 Å². The number of piperazine rings is 1. The van der Waals surface area contributed by atoms with E-state index >= 15 is 0 Å². The smallest absolute Gasteiger partial charge is 0.246 e. The van der Waals surface area contributed by atoms with E-state index in [9.17, 15) is 9.18 Å². The predicted octanol–water partition coefficient (Wildman–Crippen LogP) is 9.96. The van der Waals surface area contributed by atoms with Crippen LogP contribution in [0.4, 0.5) is 4.39 Å². The second-order valence-corrected chi connectivity index (χ2v) is 14.5. The van der Waals surface area contributed by atoms with E-state index in [1.807, 2.05) is 43.0 Å². The molecule has 1 aliphatic heterocycles. The zero-order valence-electron chi connectivity index (χ0n) is 31.4. The molecule has 0 atom stereocenters. The summed E-state index contributed by atoms with van der Waals surface area (Å²) in [6.45, 7) is 12.8. The molecular formula is C45H47ClFN3O4. The number of nitrogens with zero attached hydrogens (tertiary/aromatic N) is 3. The van der Waals surface area contributed by atoms with Crippen molar-refractivity contribution in [1.82, 2.24) is 14.8 Å². The summed E-state index contributed by atoms with van der Waals surface area (Å²) in [5.74, 6) is 2.48. The lowest BCUT2D eigenvalue weighted by atomic mass is 10.0. The number of amides is 1. The highest BCUT2D eigenvalue weighted by Gasteiger charge is 2.20. The molecule has 0 aliphatic carbocycles. The predicted molar refractivity (Wildman–Crippen MR) is 213 cm³/mol. The number of hydrogen-bond donors (Lipinski definition) is 0. The number of aromatic nitrogens is 1. The summed E-state index contributed by atoms with van der Waals surface area (Å²) in [4.78, 5) is 21.7. The Morgan fingerprint density at radius 1 is 0.852 bits per heavy atom. The van der Waals surface area contributed by atoms with Gasteiger partial charge < -0.3 is 19.1 Å². The molecule has 280 valence electrons. The molecule has 0 radical (unpaired) electrons. The van der Waals surface area contributed by atoms with Gasteiger partial charge in [0.1, 0.15) is 23.9 Å². The summed E-state index contributed by atoms with van der Waals surface area (Å²) in [6.07, 6.45) is 5.80. The molecule has 0 saturated carbocycles. The monoisotopic (exact) mass is 747 g/mol. The molecule has 5 aromatic rings. The molecule has 54 heavy (non-hydrogen) atoms. The highest BCUT2D eigenvalue weighted by atomic mass is 35.5. The first-order valence-corrected chi connectivity index (χ1v) is 18.8. The lowest BCUT2D eigenvalue weighted by Crippen LogP contribution is -2.47. The van der Waals surface area contributed by atoms with Gasteiger partial charge in [0.15, 0.2) is 5.75 Å². The molecule has 9 heteroatoms. The molecule has 1 saturated heterocycles. The van der Waals surface area contributed by atoms with Crippen LogP contribution in [0.1, 0.15) is 58.7 Å². The van der Waals surface area contributed by atoms with Gasteiger partial charge in [-0.2, -0.15) is 0 Å². The summed E-state index contributed by atoms with van der Waals surface area (Å²) in [6, 6.07) is 29.0. The van der Waals surface area contributed by atoms with Crippen LogP contribution in [0, 0.1) is 19.7 Å². The van der Waals surface area contributed by atoms with E-state index in [0.29, 0.717) is 48.0 Å². The summed E-state index contributed by atoms with van der Waals surface area (Å²) < 4.78 is 31.4. The molecule has 7 nitrogen and oxygen atoms in total. The fraction of sp³-hybridized carbons (Fsp3) is 0.289. The van der Waals surface area contributed by atoms with Crippen molar-refractivity contribution in [3.05, 3.63) is 153 Å². The number of ether oxygens (including phenoxy) is 3. The van der Waals surface area contributed by atoms with Gasteiger partial charge in [-0.25, -0.2) is 9.37 Å². The molecular weight excluding hydrogens is 701 g/mol. The molecule has 0 N–H and O–H groups in total. The Morgan fingerprint density at radius 3 is 2.24 bits per heavy atom. The summed E-state index contributed by atoms with van der Waals surface area (Å²) in [5.41, 5.74) is 7.01. The quantitative estimate of drug-likeness (QED) is 0.105. The minimum absolute atomic E-state index is 0.0229. The molecule has 2 heterocycles. The minimum Gasteiger partial charge on any atom is -0.493 e. The number of pyridine rings is 1. The highest BCUT2D eigenvalue weighted by molar-refractivity contribution is 6.32. The van der Waals surface area contributed by atoms with Crippen molar-refractivity contribution >= 4 is 23.6 Å². The fourth-order valence-electron chi connectivity index (χ4n) is 6.37. The Kier molecular flexibility index (Phi) is 13.0. The maximum atomic E-state index is 13.7. The first-order valence-electron chi connectivity index (χ1n) is 18.4. The zero-order chi connectivity index (χ0) is 38.0. The van der Waals surface area contributed by atoms with E-state index in [-0.39, 0.29) is 18.3 Å². The van der Waals surface area contributed by atoms with Crippen LogP contribution < -0.4 is 14.2 Å². The Labute approximate surface area is 323 Å². The van der Waals surface area contributed by atoms with Crippen LogP contribution in [-0.4, -0.2) is 53.5 Å². The molecule has 1 aromatic heterocycles. The van der Waals surface area contributed by atoms with Gasteiger partial charge in [-0.1, -0.05) is 67.9 Å². The van der Waals surface area contributed by atoms with Crippen LogP contribution in [0.15, 0.2) is 103 Å². The number of halogens is 2. The van der Waals surface area contributed by atoms with Crippen LogP contribution in [0.5, 0.6) is 23.1 Å². The van der Waals surface area contributed by atoms with Crippen molar-refractivity contribution < 1.29 is 23.4 Å². The van der Waals surface area contributed by atoms with Crippen molar-refractivity contribution in [3.8, 4) is 23.1 Å². The Bertz CT molecular complexity index is 2000. The molecule has 6 rings (SSSR count). The molecule has 0 unspecified atom stereocenters. The van der Waals surface area contributed by atoms with Gasteiger partial charge in [-0.05, 0) is 107 Å². The van der Waals surface area contributed by atoms with Crippen molar-refractivity contribution in [2.24, 2.45) is 0 Å². The minimum atomic E-state index is -0.291. The van der Waals surface area contributed by atoms with Crippen LogP contribution in [0.25, 0.3) is 6.08 Å². The van der Waals surface area contributed by atoms with Crippen LogP contribution in [-0.2, 0) is 24.4 Å². The number of aryl methyl sites for hydroxylation is 2. The molecule has 1 fully saturated rings. The van der Waals surface area contributed by atoms with Gasteiger partial charge in [0.05, 0.1) is 17.8 Å². The number of rotatable bonds is 14. The van der Waals surface area contributed by atoms with Gasteiger partial charge in [0, 0.05) is 51.3 Å². The molecule has 4 aromatic carbocycles. The zero-order valence-corrected chi connectivity index (χ0v) is 32.1. The average Bonchev–Trinajstić information content (AvgIpc) is 3.16. The SMILES string of the molecule is Cc1cc(F)cc(COc2ccc(Oc3c(C)cc(/C=C/C(=O)N4CCN(Cc5ccc(CCOc6ccc(C(C)C)cc6)cc5)CC4)cc3Cl)nc2)c1. The second-order valence-electron chi connectivity index (χ2n) is 14.1. The summed E-state index contributed by atoms with van der Waals surface area (Å²) in [5, 5.41) is 0.410. The topological polar surface area (TPSA) is 64.1 Å². The second kappa shape index (κ2) is 18.2. The van der Waals surface area contributed by atoms with Gasteiger partial charge in [0.25, 0.3) is 0 Å². The Hall–Kier alpha value is -5.18. The van der Waals surface area contributed by atoms with Crippen LogP contribution in [0.2, 0.25) is 5.02 Å². The summed E-state index contributed by atoms with van der Waals surface area (Å²) in [7, 11) is 0. The third-order valence-corrected chi connectivity index (χ3v) is 9.69. The van der Waals surface area contributed by atoms with Crippen molar-refractivity contribution in [2.45, 2.75) is 53.2 Å². The third-order valence-electron chi connectivity index (χ3n) is 9.41. The lowest BCUT2D eigenvalue weighted by Gasteiger charge is -2.34. The maximum Gasteiger partial charge on any atom is 0.246 e. The average molecular weight is 748 g/mol. The van der Waals surface area contributed by atoms with Gasteiger partial charge in [0.2, 0.25) is 11.8 Å². The van der Waals surface area contributed by atoms with Crippen molar-refractivity contribution in [2.75, 3.05) is 32.8 Å². The highest BCUT2D eigenvalue weighted by Crippen LogP contribution is 2.34. The van der Waals surface area contributed by atoms with E-state index in [1.54, 1.807) is 36.5 Å². The maximum absolute atomic E-state index is 13.7. The van der Waals surface area contributed by atoms with Crippen LogP contribution >= 0.6 is 11.6 Å². The number of carbonyl (C=O) groups excluding carboxylic acids is 1. The lowest BCUT2D eigenvalue weighted by molar-refractivity contribution is -0.127. The number of hydrogen-bond acceptors (Lipinski definition) is 6. The fourth-order valence-corrected chi connectivity index (χ4v) is 6.68. The molecule has 1 aliphatic rings. The van der Waals surface area contributed by atoms with Gasteiger partial charge >= 0.3 is 0 Å². The molecule has 0 spiro atoms. The standard InChI is InChI=1S/C45H47ClFN3O4/c1-31(2)38-10-12-40(13-11-38)52-22-17-34-5-7-35(8-6-34)29-49-18-20-50(21-19-49)44(51)16-9-36-25-33(4)45(42(46)27-36)54-43-15-14-41(28-48-43)53-30-37-23-32(3)24-39(47)26-37/h5-16,23-28,31H,17-22,29-30H2,1-4H3/b16-9+.